The summed E-state index contributed by atoms with van der Waals surface area (Å²) in [7, 11) is 0. The third-order valence-corrected chi connectivity index (χ3v) is 2.30. The Labute approximate surface area is 100 Å². The maximum Gasteiger partial charge on any atom is 0.573 e. The number of furan rings is 1. The van der Waals surface area contributed by atoms with Crippen molar-refractivity contribution in [1.82, 2.24) is 0 Å². The van der Waals surface area contributed by atoms with E-state index in [4.69, 9.17) is 4.42 Å². The van der Waals surface area contributed by atoms with Crippen LogP contribution in [-0.4, -0.2) is 11.5 Å². The van der Waals surface area contributed by atoms with Crippen molar-refractivity contribution in [2.75, 3.05) is 0 Å². The first kappa shape index (κ1) is 12.5. The lowest BCUT2D eigenvalue weighted by Crippen LogP contribution is -2.18. The van der Waals surface area contributed by atoms with Gasteiger partial charge >= 0.3 is 6.36 Å². The Morgan fingerprint density at radius 1 is 1.17 bits per heavy atom. The topological polar surface area (TPSA) is 42.6 Å². The zero-order chi connectivity index (χ0) is 13.2. The first-order valence-electron chi connectivity index (χ1n) is 5.02. The Hall–Kier alpha value is -1.95. The molecule has 0 fully saturated rings. The van der Waals surface area contributed by atoms with Gasteiger partial charge in [0, 0.05) is 11.1 Å². The van der Waals surface area contributed by atoms with Gasteiger partial charge in [0.15, 0.2) is 0 Å². The highest BCUT2D eigenvalue weighted by Crippen LogP contribution is 2.33. The minimum atomic E-state index is -4.80. The number of hydrogen-bond donors (Lipinski definition) is 1. The number of benzene rings is 1. The van der Waals surface area contributed by atoms with E-state index in [1.54, 1.807) is 0 Å². The van der Waals surface area contributed by atoms with Crippen molar-refractivity contribution >= 4 is 0 Å². The van der Waals surface area contributed by atoms with E-state index in [0.29, 0.717) is 5.56 Å². The highest BCUT2D eigenvalue weighted by atomic mass is 19.4. The maximum absolute atomic E-state index is 12.2. The standard InChI is InChI=1S/C12H9F3O3/c13-12(14,15)18-10-4-2-1-3-9(10)11(16)8-5-6-17-7-8/h1-7,11,16H. The number of alkyl halides is 3. The van der Waals surface area contributed by atoms with E-state index >= 15 is 0 Å². The summed E-state index contributed by atoms with van der Waals surface area (Å²) >= 11 is 0. The Morgan fingerprint density at radius 2 is 1.89 bits per heavy atom. The molecule has 2 rings (SSSR count). The number of aliphatic hydroxyl groups is 1. The van der Waals surface area contributed by atoms with Gasteiger partial charge in [0.25, 0.3) is 0 Å². The van der Waals surface area contributed by atoms with Crippen LogP contribution < -0.4 is 4.74 Å². The summed E-state index contributed by atoms with van der Waals surface area (Å²) in [5.41, 5.74) is 0.379. The highest BCUT2D eigenvalue weighted by molar-refractivity contribution is 5.39. The molecule has 0 aliphatic heterocycles. The van der Waals surface area contributed by atoms with Gasteiger partial charge in [-0.2, -0.15) is 0 Å². The first-order valence-corrected chi connectivity index (χ1v) is 5.02. The minimum Gasteiger partial charge on any atom is -0.472 e. The molecule has 0 amide bonds. The van der Waals surface area contributed by atoms with E-state index in [1.807, 2.05) is 0 Å². The van der Waals surface area contributed by atoms with E-state index in [0.717, 1.165) is 6.07 Å². The second-order valence-electron chi connectivity index (χ2n) is 3.54. The molecule has 1 N–H and O–H groups in total. The molecule has 1 aromatic heterocycles. The molecule has 0 aliphatic rings. The monoisotopic (exact) mass is 258 g/mol. The molecule has 3 nitrogen and oxygen atoms in total. The molecule has 18 heavy (non-hydrogen) atoms. The average Bonchev–Trinajstić information content (AvgIpc) is 2.80. The van der Waals surface area contributed by atoms with Crippen LogP contribution >= 0.6 is 0 Å². The smallest absolute Gasteiger partial charge is 0.472 e. The van der Waals surface area contributed by atoms with Gasteiger partial charge in [-0.05, 0) is 12.1 Å². The van der Waals surface area contributed by atoms with E-state index in [2.05, 4.69) is 4.74 Å². The molecule has 0 bridgehead atoms. The Bertz CT molecular complexity index is 506. The van der Waals surface area contributed by atoms with Crippen molar-refractivity contribution in [2.45, 2.75) is 12.5 Å². The number of aliphatic hydroxyl groups excluding tert-OH is 1. The summed E-state index contributed by atoms with van der Waals surface area (Å²) in [6.45, 7) is 0. The largest absolute Gasteiger partial charge is 0.573 e. The molecule has 0 aliphatic carbocycles. The summed E-state index contributed by atoms with van der Waals surface area (Å²) < 4.78 is 45.3. The van der Waals surface area contributed by atoms with E-state index in [9.17, 15) is 18.3 Å². The zero-order valence-corrected chi connectivity index (χ0v) is 9.02. The summed E-state index contributed by atoms with van der Waals surface area (Å²) in [5, 5.41) is 9.95. The molecular formula is C12H9F3O3. The van der Waals surface area contributed by atoms with Gasteiger partial charge in [-0.1, -0.05) is 18.2 Å². The van der Waals surface area contributed by atoms with Crippen LogP contribution in [0.25, 0.3) is 0 Å². The lowest BCUT2D eigenvalue weighted by atomic mass is 10.0. The minimum absolute atomic E-state index is 0.0243. The molecule has 1 heterocycles. The van der Waals surface area contributed by atoms with Crippen LogP contribution in [0, 0.1) is 0 Å². The second kappa shape index (κ2) is 4.73. The van der Waals surface area contributed by atoms with Gasteiger partial charge in [-0.3, -0.25) is 0 Å². The summed E-state index contributed by atoms with van der Waals surface area (Å²) in [5.74, 6) is -0.432. The predicted molar refractivity (Wildman–Crippen MR) is 55.9 cm³/mol. The number of hydrogen-bond acceptors (Lipinski definition) is 3. The van der Waals surface area contributed by atoms with E-state index in [1.165, 1.54) is 36.8 Å². The third kappa shape index (κ3) is 2.84. The molecule has 1 atom stereocenters. The molecule has 0 spiro atoms. The molecule has 96 valence electrons. The normalized spacial score (nSPS) is 13.3. The van der Waals surface area contributed by atoms with Crippen molar-refractivity contribution in [3.63, 3.8) is 0 Å². The van der Waals surface area contributed by atoms with Gasteiger partial charge in [0.05, 0.1) is 12.5 Å². The fraction of sp³-hybridized carbons (Fsp3) is 0.167. The molecular weight excluding hydrogens is 249 g/mol. The molecule has 0 saturated heterocycles. The third-order valence-electron chi connectivity index (χ3n) is 2.30. The summed E-state index contributed by atoms with van der Waals surface area (Å²) in [6.07, 6.45) is -3.45. The van der Waals surface area contributed by atoms with Crippen LogP contribution in [0.2, 0.25) is 0 Å². The Morgan fingerprint density at radius 3 is 2.50 bits per heavy atom. The van der Waals surface area contributed by atoms with Gasteiger partial charge in [0.2, 0.25) is 0 Å². The summed E-state index contributed by atoms with van der Waals surface area (Å²) in [6, 6.07) is 6.88. The lowest BCUT2D eigenvalue weighted by Gasteiger charge is -2.16. The lowest BCUT2D eigenvalue weighted by molar-refractivity contribution is -0.275. The van der Waals surface area contributed by atoms with Crippen molar-refractivity contribution in [3.05, 3.63) is 54.0 Å². The van der Waals surface area contributed by atoms with Crippen LogP contribution in [0.1, 0.15) is 17.2 Å². The van der Waals surface area contributed by atoms with Crippen molar-refractivity contribution in [1.29, 1.82) is 0 Å². The molecule has 2 aromatic rings. The molecule has 0 radical (unpaired) electrons. The number of ether oxygens (including phenoxy) is 1. The molecule has 1 unspecified atom stereocenters. The van der Waals surface area contributed by atoms with Gasteiger partial charge in [-0.25, -0.2) is 0 Å². The Balaban J connectivity index is 2.33. The molecule has 6 heteroatoms. The van der Waals surface area contributed by atoms with Crippen LogP contribution in [0.15, 0.2) is 47.3 Å². The van der Waals surface area contributed by atoms with Gasteiger partial charge in [-0.15, -0.1) is 13.2 Å². The quantitative estimate of drug-likeness (QED) is 0.918. The van der Waals surface area contributed by atoms with Crippen LogP contribution in [0.5, 0.6) is 5.75 Å². The number of halogens is 3. The highest BCUT2D eigenvalue weighted by Gasteiger charge is 2.33. The van der Waals surface area contributed by atoms with E-state index < -0.39 is 18.2 Å². The average molecular weight is 258 g/mol. The second-order valence-corrected chi connectivity index (χ2v) is 3.54. The van der Waals surface area contributed by atoms with Crippen molar-refractivity contribution in [2.24, 2.45) is 0 Å². The number of para-hydroxylation sites is 1. The summed E-state index contributed by atoms with van der Waals surface area (Å²) in [4.78, 5) is 0. The Kier molecular flexibility index (Phi) is 3.29. The predicted octanol–water partition coefficient (Wildman–Crippen LogP) is 3.26. The van der Waals surface area contributed by atoms with Crippen LogP contribution in [-0.2, 0) is 0 Å². The van der Waals surface area contributed by atoms with Gasteiger partial charge in [0.1, 0.15) is 11.9 Å². The van der Waals surface area contributed by atoms with Crippen molar-refractivity contribution < 1.29 is 27.4 Å². The number of rotatable bonds is 3. The van der Waals surface area contributed by atoms with Crippen LogP contribution in [0.4, 0.5) is 13.2 Å². The van der Waals surface area contributed by atoms with Crippen LogP contribution in [0.3, 0.4) is 0 Å². The molecule has 0 saturated carbocycles. The fourth-order valence-electron chi connectivity index (χ4n) is 1.53. The SMILES string of the molecule is OC(c1ccoc1)c1ccccc1OC(F)(F)F. The maximum atomic E-state index is 12.2. The fourth-order valence-corrected chi connectivity index (χ4v) is 1.53. The molecule has 1 aromatic carbocycles. The first-order chi connectivity index (χ1) is 8.47. The van der Waals surface area contributed by atoms with Gasteiger partial charge < -0.3 is 14.3 Å². The van der Waals surface area contributed by atoms with Crippen molar-refractivity contribution in [3.8, 4) is 5.75 Å². The zero-order valence-electron chi connectivity index (χ0n) is 9.02. The van der Waals surface area contributed by atoms with E-state index in [-0.39, 0.29) is 5.56 Å².